The molecule has 4 aliphatic carbocycles. The van der Waals surface area contributed by atoms with Crippen LogP contribution in [0.25, 0.3) is 0 Å². The third kappa shape index (κ3) is 3.55. The molecule has 0 spiro atoms. The predicted octanol–water partition coefficient (Wildman–Crippen LogP) is 2.55. The van der Waals surface area contributed by atoms with Crippen LogP contribution >= 0.6 is 7.82 Å². The van der Waals surface area contributed by atoms with Crippen molar-refractivity contribution in [3.63, 3.8) is 0 Å². The van der Waals surface area contributed by atoms with Gasteiger partial charge in [-0.05, 0) is 55.6 Å². The van der Waals surface area contributed by atoms with E-state index in [0.29, 0.717) is 6.42 Å². The molecule has 0 radical (unpaired) electrons. The number of Topliss-reactive ketones (excluding diaryl/α,β-unsaturated/α-hetero) is 1. The summed E-state index contributed by atoms with van der Waals surface area (Å²) in [4.78, 5) is 25.4. The molecular formula is C24H35O9P. The first kappa shape index (κ1) is 25.9. The van der Waals surface area contributed by atoms with Crippen LogP contribution in [0.4, 0.5) is 0 Å². The van der Waals surface area contributed by atoms with Crippen molar-refractivity contribution in [3.8, 4) is 0 Å². The Labute approximate surface area is 199 Å². The first-order valence-electron chi connectivity index (χ1n) is 11.7. The Hall–Kier alpha value is -1.19. The van der Waals surface area contributed by atoms with Gasteiger partial charge < -0.3 is 15.3 Å². The van der Waals surface area contributed by atoms with Crippen LogP contribution in [0.15, 0.2) is 23.8 Å². The van der Waals surface area contributed by atoms with Crippen molar-refractivity contribution in [3.05, 3.63) is 23.8 Å². The third-order valence-electron chi connectivity index (χ3n) is 9.28. The molecule has 0 aliphatic heterocycles. The molecule has 190 valence electrons. The van der Waals surface area contributed by atoms with Crippen molar-refractivity contribution in [1.82, 2.24) is 0 Å². The van der Waals surface area contributed by atoms with Crippen LogP contribution in [-0.2, 0) is 27.7 Å². The highest BCUT2D eigenvalue weighted by Gasteiger charge is 2.69. The standard InChI is InChI=1S/C24H35O9P/c1-13-10-15-16-7-9-24(29,20(27)21(28)33-34(30,31-4)32-5)23(16,3)12-18(26)19(15)22(2)8-6-14(25)11-17(13)22/h6,8,11,13,15-16,18-19,21,26,28-29H,7,9-10,12H2,1-5H3/t13-,15-,16-,18?,19+,21?,22-,23-,24-/m0/s1. The minimum absolute atomic E-state index is 0.00677. The Kier molecular flexibility index (Phi) is 6.43. The van der Waals surface area contributed by atoms with E-state index < -0.39 is 42.4 Å². The fourth-order valence-electron chi connectivity index (χ4n) is 7.69. The number of ketones is 2. The van der Waals surface area contributed by atoms with Crippen molar-refractivity contribution in [2.24, 2.45) is 34.5 Å². The summed E-state index contributed by atoms with van der Waals surface area (Å²) in [5.41, 5.74) is -2.50. The molecule has 0 aromatic carbocycles. The van der Waals surface area contributed by atoms with Crippen LogP contribution < -0.4 is 0 Å². The van der Waals surface area contributed by atoms with E-state index in [1.807, 2.05) is 6.08 Å². The fourth-order valence-corrected chi connectivity index (χ4v) is 8.36. The highest BCUT2D eigenvalue weighted by atomic mass is 31.2. The van der Waals surface area contributed by atoms with Crippen LogP contribution in [0, 0.1) is 34.5 Å². The molecule has 4 rings (SSSR count). The van der Waals surface area contributed by atoms with Gasteiger partial charge in [0.1, 0.15) is 5.60 Å². The van der Waals surface area contributed by atoms with Crippen molar-refractivity contribution in [1.29, 1.82) is 0 Å². The Morgan fingerprint density at radius 3 is 2.53 bits per heavy atom. The van der Waals surface area contributed by atoms with Crippen molar-refractivity contribution in [2.75, 3.05) is 14.2 Å². The van der Waals surface area contributed by atoms with E-state index in [-0.39, 0.29) is 42.3 Å². The number of hydrogen-bond donors (Lipinski definition) is 3. The summed E-state index contributed by atoms with van der Waals surface area (Å²) in [5, 5.41) is 33.6. The van der Waals surface area contributed by atoms with E-state index in [0.717, 1.165) is 26.2 Å². The SMILES string of the molecule is COP(=O)(OC)OC(O)C(=O)[C@@]1(O)CC[C@H]2[C@@H]3C[C@H](C)C4=CC(=O)C=C[C@]4(C)[C@H]3C(O)C[C@@]21C. The van der Waals surface area contributed by atoms with Gasteiger partial charge in [-0.3, -0.25) is 18.6 Å². The monoisotopic (exact) mass is 498 g/mol. The van der Waals surface area contributed by atoms with E-state index in [2.05, 4.69) is 22.9 Å². The number of allylic oxidation sites excluding steroid dienone is 4. The first-order chi connectivity index (χ1) is 15.8. The highest BCUT2D eigenvalue weighted by molar-refractivity contribution is 7.48. The molecule has 3 fully saturated rings. The number of hydrogen-bond acceptors (Lipinski definition) is 9. The summed E-state index contributed by atoms with van der Waals surface area (Å²) in [5.74, 6) is -1.25. The fraction of sp³-hybridized carbons (Fsp3) is 0.750. The second-order valence-corrected chi connectivity index (χ2v) is 12.6. The van der Waals surface area contributed by atoms with Gasteiger partial charge in [0.05, 0.1) is 6.10 Å². The van der Waals surface area contributed by atoms with Crippen LogP contribution in [0.3, 0.4) is 0 Å². The number of aliphatic hydroxyl groups excluding tert-OH is 2. The van der Waals surface area contributed by atoms with E-state index in [9.17, 15) is 29.5 Å². The molecule has 3 N–H and O–H groups in total. The van der Waals surface area contributed by atoms with Crippen molar-refractivity contribution < 1.29 is 43.0 Å². The minimum Gasteiger partial charge on any atom is -0.393 e. The number of fused-ring (bicyclic) bond motifs is 5. The van der Waals surface area contributed by atoms with Gasteiger partial charge in [-0.1, -0.05) is 32.4 Å². The normalized spacial score (nSPS) is 44.6. The molecule has 0 aromatic heterocycles. The molecular weight excluding hydrogens is 463 g/mol. The first-order valence-corrected chi connectivity index (χ1v) is 13.2. The number of carbonyl (C=O) groups excluding carboxylic acids is 2. The lowest BCUT2D eigenvalue weighted by atomic mass is 9.44. The molecule has 9 atom stereocenters. The van der Waals surface area contributed by atoms with Gasteiger partial charge in [0, 0.05) is 31.0 Å². The second kappa shape index (κ2) is 8.44. The van der Waals surface area contributed by atoms with Crippen LogP contribution in [0.2, 0.25) is 0 Å². The molecule has 3 saturated carbocycles. The van der Waals surface area contributed by atoms with E-state index in [4.69, 9.17) is 4.52 Å². The Bertz CT molecular complexity index is 983. The Morgan fingerprint density at radius 1 is 1.26 bits per heavy atom. The molecule has 9 nitrogen and oxygen atoms in total. The molecule has 0 amide bonds. The maximum absolute atomic E-state index is 13.3. The summed E-state index contributed by atoms with van der Waals surface area (Å²) in [7, 11) is -2.05. The quantitative estimate of drug-likeness (QED) is 0.372. The second-order valence-electron chi connectivity index (χ2n) is 10.8. The highest BCUT2D eigenvalue weighted by Crippen LogP contribution is 2.68. The van der Waals surface area contributed by atoms with Gasteiger partial charge in [-0.2, -0.15) is 0 Å². The molecule has 0 saturated heterocycles. The molecule has 0 bridgehead atoms. The molecule has 34 heavy (non-hydrogen) atoms. The van der Waals surface area contributed by atoms with Crippen LogP contribution in [0.5, 0.6) is 0 Å². The molecule has 0 aromatic rings. The van der Waals surface area contributed by atoms with Gasteiger partial charge in [-0.15, -0.1) is 0 Å². The smallest absolute Gasteiger partial charge is 0.393 e. The number of rotatable bonds is 6. The van der Waals surface area contributed by atoms with E-state index in [1.54, 1.807) is 19.1 Å². The van der Waals surface area contributed by atoms with Crippen LogP contribution in [-0.4, -0.2) is 59.1 Å². The number of aliphatic hydroxyl groups is 3. The van der Waals surface area contributed by atoms with Gasteiger partial charge >= 0.3 is 7.82 Å². The van der Waals surface area contributed by atoms with Gasteiger partial charge in [0.2, 0.25) is 12.1 Å². The molecule has 10 heteroatoms. The average Bonchev–Trinajstić information content (AvgIpc) is 3.05. The zero-order valence-corrected chi connectivity index (χ0v) is 21.2. The molecule has 4 aliphatic rings. The third-order valence-corrected chi connectivity index (χ3v) is 10.6. The summed E-state index contributed by atoms with van der Waals surface area (Å²) < 4.78 is 26.5. The van der Waals surface area contributed by atoms with Crippen molar-refractivity contribution >= 4 is 19.4 Å². The van der Waals surface area contributed by atoms with E-state index in [1.165, 1.54) is 0 Å². The largest absolute Gasteiger partial charge is 0.476 e. The number of phosphoric acid groups is 1. The molecule has 2 unspecified atom stereocenters. The van der Waals surface area contributed by atoms with E-state index >= 15 is 0 Å². The van der Waals surface area contributed by atoms with Gasteiger partial charge in [0.25, 0.3) is 0 Å². The van der Waals surface area contributed by atoms with Crippen molar-refractivity contribution in [2.45, 2.75) is 64.4 Å². The Morgan fingerprint density at radius 2 is 1.91 bits per heavy atom. The minimum atomic E-state index is -4.17. The average molecular weight is 499 g/mol. The summed E-state index contributed by atoms with van der Waals surface area (Å²) in [6.07, 6.45) is 3.55. The number of carbonyl (C=O) groups is 2. The zero-order valence-electron chi connectivity index (χ0n) is 20.3. The lowest BCUT2D eigenvalue weighted by molar-refractivity contribution is -0.194. The summed E-state index contributed by atoms with van der Waals surface area (Å²) in [6.45, 7) is 5.90. The predicted molar refractivity (Wildman–Crippen MR) is 121 cm³/mol. The van der Waals surface area contributed by atoms with Gasteiger partial charge in [-0.25, -0.2) is 9.09 Å². The number of phosphoric ester groups is 1. The topological polar surface area (TPSA) is 140 Å². The van der Waals surface area contributed by atoms with Gasteiger partial charge in [0.15, 0.2) is 5.78 Å². The maximum Gasteiger partial charge on any atom is 0.476 e. The summed E-state index contributed by atoms with van der Waals surface area (Å²) >= 11 is 0. The Balaban J connectivity index is 1.67. The molecule has 0 heterocycles. The lowest BCUT2D eigenvalue weighted by Gasteiger charge is -2.60. The summed E-state index contributed by atoms with van der Waals surface area (Å²) in [6, 6.07) is 0. The maximum atomic E-state index is 13.3. The lowest BCUT2D eigenvalue weighted by Crippen LogP contribution is -2.63. The van der Waals surface area contributed by atoms with Crippen LogP contribution in [0.1, 0.15) is 46.5 Å². The zero-order chi connectivity index (χ0) is 25.3.